The van der Waals surface area contributed by atoms with E-state index < -0.39 is 14.3 Å². The van der Waals surface area contributed by atoms with Gasteiger partial charge in [-0.3, -0.25) is 0 Å². The zero-order valence-corrected chi connectivity index (χ0v) is 27.1. The Kier molecular flexibility index (Phi) is 8.17. The lowest BCUT2D eigenvalue weighted by atomic mass is 9.90. The predicted molar refractivity (Wildman–Crippen MR) is 192 cm³/mol. The number of rotatable bonds is 8. The fourth-order valence-corrected chi connectivity index (χ4v) is 12.8. The fraction of sp³-hybridized carbons (Fsp3) is 0.100. The van der Waals surface area contributed by atoms with Gasteiger partial charge < -0.3 is 9.13 Å². The van der Waals surface area contributed by atoms with Crippen LogP contribution < -0.4 is 31.8 Å². The summed E-state index contributed by atoms with van der Waals surface area (Å²) in [6.45, 7) is 10.8. The van der Waals surface area contributed by atoms with Gasteiger partial charge in [-0.2, -0.15) is 0 Å². The van der Waals surface area contributed by atoms with Crippen LogP contribution >= 0.6 is 14.3 Å². The Balaban J connectivity index is 1.89. The number of benzene rings is 6. The maximum Gasteiger partial charge on any atom is 0.172 e. The van der Waals surface area contributed by atoms with Crippen LogP contribution in [-0.2, 0) is 9.13 Å². The van der Waals surface area contributed by atoms with E-state index >= 15 is 9.13 Å². The number of hydrogen-bond acceptors (Lipinski definition) is 2. The second kappa shape index (κ2) is 12.0. The molecule has 6 aromatic rings. The van der Waals surface area contributed by atoms with Gasteiger partial charge in [-0.15, -0.1) is 0 Å². The smallest absolute Gasteiger partial charge is 0.172 e. The Bertz CT molecular complexity index is 1960. The molecule has 0 aliphatic rings. The molecule has 0 fully saturated rings. The van der Waals surface area contributed by atoms with Crippen molar-refractivity contribution < 1.29 is 9.13 Å². The van der Waals surface area contributed by atoms with Crippen LogP contribution in [-0.4, -0.2) is 0 Å². The highest BCUT2D eigenvalue weighted by molar-refractivity contribution is 7.86. The van der Waals surface area contributed by atoms with Gasteiger partial charge in [0.05, 0.1) is 0 Å². The summed E-state index contributed by atoms with van der Waals surface area (Å²) in [4.78, 5) is 0. The normalized spacial score (nSPS) is 12.0. The molecule has 0 heterocycles. The van der Waals surface area contributed by atoms with E-state index in [2.05, 4.69) is 26.5 Å². The third-order valence-corrected chi connectivity index (χ3v) is 14.6. The molecule has 2 nitrogen and oxygen atoms in total. The summed E-state index contributed by atoms with van der Waals surface area (Å²) in [5, 5.41) is 6.33. The van der Waals surface area contributed by atoms with Crippen molar-refractivity contribution in [1.82, 2.24) is 0 Å². The summed E-state index contributed by atoms with van der Waals surface area (Å²) in [6, 6.07) is 47.3. The molecule has 218 valence electrons. The second-order valence-electron chi connectivity index (χ2n) is 11.5. The summed E-state index contributed by atoms with van der Waals surface area (Å²) >= 11 is 0. The Labute approximate surface area is 260 Å². The van der Waals surface area contributed by atoms with Crippen molar-refractivity contribution in [1.29, 1.82) is 0 Å². The van der Waals surface area contributed by atoms with Crippen LogP contribution in [0.1, 0.15) is 37.8 Å². The average Bonchev–Trinajstić information content (AvgIpc) is 3.08. The molecule has 0 aliphatic heterocycles. The summed E-state index contributed by atoms with van der Waals surface area (Å²) in [6.07, 6.45) is 0. The summed E-state index contributed by atoms with van der Waals surface area (Å²) in [7, 11) is -6.87. The lowest BCUT2D eigenvalue weighted by Gasteiger charge is -2.32. The Morgan fingerprint density at radius 3 is 1.11 bits per heavy atom. The largest absolute Gasteiger partial charge is 0.309 e. The van der Waals surface area contributed by atoms with Gasteiger partial charge in [-0.1, -0.05) is 166 Å². The zero-order valence-electron chi connectivity index (χ0n) is 25.4. The van der Waals surface area contributed by atoms with E-state index in [0.29, 0.717) is 0 Å². The first-order valence-corrected chi connectivity index (χ1v) is 18.4. The van der Waals surface area contributed by atoms with E-state index in [1.165, 1.54) is 0 Å². The Hall–Kier alpha value is -4.22. The Morgan fingerprint density at radius 2 is 0.795 bits per heavy atom. The van der Waals surface area contributed by atoms with E-state index in [4.69, 9.17) is 0 Å². The molecule has 4 heteroatoms. The highest BCUT2D eigenvalue weighted by Gasteiger charge is 2.41. The van der Waals surface area contributed by atoms with Gasteiger partial charge in [-0.25, -0.2) is 0 Å². The number of hydrogen-bond donors (Lipinski definition) is 0. The summed E-state index contributed by atoms with van der Waals surface area (Å²) in [5.41, 5.74) is 2.58. The highest BCUT2D eigenvalue weighted by atomic mass is 31.2. The molecule has 0 spiro atoms. The Morgan fingerprint density at radius 1 is 0.500 bits per heavy atom. The monoisotopic (exact) mass is 610 g/mol. The minimum atomic E-state index is -3.45. The van der Waals surface area contributed by atoms with Gasteiger partial charge in [0.1, 0.15) is 0 Å². The van der Waals surface area contributed by atoms with E-state index in [1.54, 1.807) is 0 Å². The van der Waals surface area contributed by atoms with Crippen molar-refractivity contribution >= 4 is 62.5 Å². The van der Waals surface area contributed by atoms with E-state index in [-0.39, 0.29) is 5.92 Å². The van der Waals surface area contributed by atoms with Crippen LogP contribution in [0.3, 0.4) is 0 Å². The van der Waals surface area contributed by atoms with Crippen LogP contribution in [0, 0.1) is 0 Å². The predicted octanol–water partition coefficient (Wildman–Crippen LogP) is 8.28. The maximum absolute atomic E-state index is 16.1. The molecule has 44 heavy (non-hydrogen) atoms. The van der Waals surface area contributed by atoms with Gasteiger partial charge in [0, 0.05) is 31.8 Å². The molecule has 0 unspecified atom stereocenters. The van der Waals surface area contributed by atoms with Crippen LogP contribution in [0.25, 0.3) is 16.3 Å². The van der Waals surface area contributed by atoms with Gasteiger partial charge in [0.2, 0.25) is 0 Å². The van der Waals surface area contributed by atoms with Crippen LogP contribution in [0.15, 0.2) is 152 Å². The van der Waals surface area contributed by atoms with Crippen LogP contribution in [0.5, 0.6) is 0 Å². The molecule has 0 aliphatic carbocycles. The van der Waals surface area contributed by atoms with Crippen molar-refractivity contribution in [2.45, 2.75) is 26.7 Å². The second-order valence-corrected chi connectivity index (χ2v) is 16.9. The van der Waals surface area contributed by atoms with Crippen molar-refractivity contribution in [2.24, 2.45) is 0 Å². The third kappa shape index (κ3) is 4.84. The topological polar surface area (TPSA) is 34.1 Å². The summed E-state index contributed by atoms with van der Waals surface area (Å²) < 4.78 is 32.3. The molecule has 0 saturated heterocycles. The van der Waals surface area contributed by atoms with Crippen LogP contribution in [0.2, 0.25) is 0 Å². The third-order valence-electron chi connectivity index (χ3n) is 8.31. The number of fused-ring (bicyclic) bond motifs is 1. The van der Waals surface area contributed by atoms with Gasteiger partial charge >= 0.3 is 0 Å². The molecule has 0 saturated carbocycles. The molecule has 6 aromatic carbocycles. The van der Waals surface area contributed by atoms with Gasteiger partial charge in [0.15, 0.2) is 14.3 Å². The van der Waals surface area contributed by atoms with E-state index in [1.807, 2.05) is 146 Å². The van der Waals surface area contributed by atoms with E-state index in [9.17, 15) is 0 Å². The van der Waals surface area contributed by atoms with Crippen molar-refractivity contribution in [3.05, 3.63) is 163 Å². The first-order chi connectivity index (χ1) is 21.3. The van der Waals surface area contributed by atoms with E-state index in [0.717, 1.165) is 59.3 Å². The fourth-order valence-electron chi connectivity index (χ4n) is 6.45. The van der Waals surface area contributed by atoms with Crippen molar-refractivity contribution in [3.8, 4) is 0 Å². The molecule has 0 amide bonds. The quantitative estimate of drug-likeness (QED) is 0.163. The molecule has 0 aromatic heterocycles. The van der Waals surface area contributed by atoms with Crippen molar-refractivity contribution in [3.63, 3.8) is 0 Å². The van der Waals surface area contributed by atoms with Gasteiger partial charge in [-0.05, 0) is 40.3 Å². The molecule has 6 rings (SSSR count). The molecule has 0 N–H and O–H groups in total. The highest BCUT2D eigenvalue weighted by Crippen LogP contribution is 2.52. The molecular formula is C40H36O2P2. The zero-order chi connectivity index (χ0) is 30.9. The minimum Gasteiger partial charge on any atom is -0.309 e. The average molecular weight is 611 g/mol. The summed E-state index contributed by atoms with van der Waals surface area (Å²) in [5.74, 6) is -0.0409. The molecular weight excluding hydrogens is 574 g/mol. The lowest BCUT2D eigenvalue weighted by Crippen LogP contribution is -2.35. The molecule has 0 bridgehead atoms. The van der Waals surface area contributed by atoms with Gasteiger partial charge in [0.25, 0.3) is 0 Å². The first-order valence-electron chi connectivity index (χ1n) is 15.0. The molecule has 0 atom stereocenters. The maximum atomic E-state index is 16.1. The SMILES string of the molecule is C=C(C)c1c(C(C)C)c(P(=O)(c2ccccc2)c2ccccc2)c2ccccc2c1P(=O)(c1ccccc1)c1ccccc1. The van der Waals surface area contributed by atoms with Crippen molar-refractivity contribution in [2.75, 3.05) is 0 Å². The first kappa shape index (κ1) is 29.8. The number of allylic oxidation sites excluding steroid dienone is 1. The lowest BCUT2D eigenvalue weighted by molar-refractivity contribution is 0.591. The molecule has 0 radical (unpaired) electrons. The standard InChI is InChI=1S/C40H36O2P2/c1-29(2)37-38(30(3)4)40(44(42,33-23-13-7-14-24-33)34-25-15-8-16-26-34)36-28-18-17-27-35(36)39(37)43(41,31-19-9-5-10-20-31)32-21-11-6-12-22-32/h5-28,30H,1H2,2-4H3. The minimum absolute atomic E-state index is 0.0409. The van der Waals surface area contributed by atoms with Crippen LogP contribution in [0.4, 0.5) is 0 Å².